The van der Waals surface area contributed by atoms with Crippen molar-refractivity contribution in [2.75, 3.05) is 6.61 Å². The predicted molar refractivity (Wildman–Crippen MR) is 74.0 cm³/mol. The third kappa shape index (κ3) is 3.61. The van der Waals surface area contributed by atoms with Gasteiger partial charge in [-0.15, -0.1) is 0 Å². The molecule has 0 aromatic heterocycles. The summed E-state index contributed by atoms with van der Waals surface area (Å²) in [4.78, 5) is 0. The van der Waals surface area contributed by atoms with Gasteiger partial charge in [0.25, 0.3) is 0 Å². The van der Waals surface area contributed by atoms with Crippen molar-refractivity contribution in [3.8, 4) is 0 Å². The van der Waals surface area contributed by atoms with E-state index in [9.17, 15) is 13.9 Å². The molecule has 4 heteroatoms. The standard InChI is InChI=1S/C15H13BrF2O/c16-13-3-1-2-11(8-13)12(9-19)6-10-4-5-14(17)15(18)7-10/h1-5,7-8,12,19H,6,9H2. The molecule has 0 saturated heterocycles. The first-order valence-corrected chi connectivity index (χ1v) is 6.69. The van der Waals surface area contributed by atoms with Crippen molar-refractivity contribution in [3.05, 3.63) is 69.7 Å². The minimum atomic E-state index is -0.858. The largest absolute Gasteiger partial charge is 0.396 e. The van der Waals surface area contributed by atoms with Crippen molar-refractivity contribution in [1.82, 2.24) is 0 Å². The van der Waals surface area contributed by atoms with Crippen molar-refractivity contribution in [1.29, 1.82) is 0 Å². The van der Waals surface area contributed by atoms with Gasteiger partial charge in [0.2, 0.25) is 0 Å². The van der Waals surface area contributed by atoms with Crippen LogP contribution in [-0.4, -0.2) is 11.7 Å². The molecule has 1 N–H and O–H groups in total. The van der Waals surface area contributed by atoms with Gasteiger partial charge in [0.15, 0.2) is 11.6 Å². The molecular formula is C15H13BrF2O. The molecule has 0 fully saturated rings. The van der Waals surface area contributed by atoms with Gasteiger partial charge in [0.1, 0.15) is 0 Å². The summed E-state index contributed by atoms with van der Waals surface area (Å²) < 4.78 is 26.9. The van der Waals surface area contributed by atoms with Gasteiger partial charge in [0, 0.05) is 10.4 Å². The normalized spacial score (nSPS) is 12.4. The molecule has 0 radical (unpaired) electrons. The Balaban J connectivity index is 2.21. The van der Waals surface area contributed by atoms with E-state index in [0.717, 1.165) is 16.1 Å². The number of benzene rings is 2. The number of rotatable bonds is 4. The van der Waals surface area contributed by atoms with E-state index in [1.54, 1.807) is 6.07 Å². The van der Waals surface area contributed by atoms with Crippen LogP contribution >= 0.6 is 15.9 Å². The molecule has 0 amide bonds. The monoisotopic (exact) mass is 326 g/mol. The number of hydrogen-bond acceptors (Lipinski definition) is 1. The van der Waals surface area contributed by atoms with Crippen LogP contribution in [0.2, 0.25) is 0 Å². The Morgan fingerprint density at radius 2 is 1.84 bits per heavy atom. The second kappa shape index (κ2) is 6.26. The first-order valence-electron chi connectivity index (χ1n) is 5.90. The molecule has 0 aliphatic rings. The lowest BCUT2D eigenvalue weighted by Gasteiger charge is -2.15. The second-order valence-corrected chi connectivity index (χ2v) is 5.30. The van der Waals surface area contributed by atoms with Gasteiger partial charge < -0.3 is 5.11 Å². The summed E-state index contributed by atoms with van der Waals surface area (Å²) in [6, 6.07) is 11.4. The molecule has 1 nitrogen and oxygen atoms in total. The van der Waals surface area contributed by atoms with Crippen molar-refractivity contribution < 1.29 is 13.9 Å². The van der Waals surface area contributed by atoms with Crippen molar-refractivity contribution >= 4 is 15.9 Å². The Bertz CT molecular complexity index is 572. The molecule has 0 saturated carbocycles. The van der Waals surface area contributed by atoms with E-state index in [-0.39, 0.29) is 12.5 Å². The van der Waals surface area contributed by atoms with Gasteiger partial charge in [-0.3, -0.25) is 0 Å². The Morgan fingerprint density at radius 1 is 1.05 bits per heavy atom. The lowest BCUT2D eigenvalue weighted by molar-refractivity contribution is 0.264. The number of hydrogen-bond donors (Lipinski definition) is 1. The van der Waals surface area contributed by atoms with Crippen LogP contribution in [0.4, 0.5) is 8.78 Å². The fourth-order valence-electron chi connectivity index (χ4n) is 2.00. The van der Waals surface area contributed by atoms with Crippen LogP contribution < -0.4 is 0 Å². The van der Waals surface area contributed by atoms with Gasteiger partial charge in [0.05, 0.1) is 6.61 Å². The molecule has 2 rings (SSSR count). The fraction of sp³-hybridized carbons (Fsp3) is 0.200. The summed E-state index contributed by atoms with van der Waals surface area (Å²) in [5.74, 6) is -1.85. The molecule has 0 aliphatic carbocycles. The molecule has 0 aliphatic heterocycles. The summed E-state index contributed by atoms with van der Waals surface area (Å²) in [6.07, 6.45) is 0.462. The van der Waals surface area contributed by atoms with Crippen LogP contribution in [0.25, 0.3) is 0 Å². The maximum atomic E-state index is 13.2. The van der Waals surface area contributed by atoms with Gasteiger partial charge in [-0.05, 0) is 41.8 Å². The average molecular weight is 327 g/mol. The van der Waals surface area contributed by atoms with E-state index >= 15 is 0 Å². The van der Waals surface area contributed by atoms with Crippen molar-refractivity contribution in [3.63, 3.8) is 0 Å². The Hall–Kier alpha value is -1.26. The van der Waals surface area contributed by atoms with Gasteiger partial charge in [-0.1, -0.05) is 34.1 Å². The van der Waals surface area contributed by atoms with Crippen LogP contribution in [0.3, 0.4) is 0 Å². The second-order valence-electron chi connectivity index (χ2n) is 4.39. The number of aliphatic hydroxyl groups excluding tert-OH is 1. The highest BCUT2D eigenvalue weighted by Crippen LogP contribution is 2.24. The molecule has 0 spiro atoms. The lowest BCUT2D eigenvalue weighted by atomic mass is 9.93. The zero-order chi connectivity index (χ0) is 13.8. The average Bonchev–Trinajstić information content (AvgIpc) is 2.40. The maximum absolute atomic E-state index is 13.2. The molecule has 100 valence electrons. The van der Waals surface area contributed by atoms with Crippen LogP contribution in [-0.2, 0) is 6.42 Å². The van der Waals surface area contributed by atoms with Gasteiger partial charge in [-0.25, -0.2) is 8.78 Å². The van der Waals surface area contributed by atoms with E-state index in [1.165, 1.54) is 6.07 Å². The first kappa shape index (κ1) is 14.2. The number of aliphatic hydroxyl groups is 1. The molecular weight excluding hydrogens is 314 g/mol. The third-order valence-corrected chi connectivity index (χ3v) is 3.50. The summed E-state index contributed by atoms with van der Waals surface area (Å²) in [7, 11) is 0. The minimum Gasteiger partial charge on any atom is -0.396 e. The van der Waals surface area contributed by atoms with Crippen LogP contribution in [0.15, 0.2) is 46.9 Å². The van der Waals surface area contributed by atoms with E-state index < -0.39 is 11.6 Å². The van der Waals surface area contributed by atoms with E-state index in [4.69, 9.17) is 0 Å². The van der Waals surface area contributed by atoms with Crippen LogP contribution in [0.5, 0.6) is 0 Å². The highest BCUT2D eigenvalue weighted by Gasteiger charge is 2.13. The van der Waals surface area contributed by atoms with E-state index in [0.29, 0.717) is 12.0 Å². The van der Waals surface area contributed by atoms with E-state index in [2.05, 4.69) is 15.9 Å². The summed E-state index contributed by atoms with van der Waals surface area (Å²) in [5, 5.41) is 9.47. The Labute approximate surface area is 119 Å². The summed E-state index contributed by atoms with van der Waals surface area (Å²) >= 11 is 3.37. The Morgan fingerprint density at radius 3 is 2.47 bits per heavy atom. The summed E-state index contributed by atoms with van der Waals surface area (Å²) in [6.45, 7) is -0.0462. The molecule has 0 bridgehead atoms. The SMILES string of the molecule is OCC(Cc1ccc(F)c(F)c1)c1cccc(Br)c1. The topological polar surface area (TPSA) is 20.2 Å². The zero-order valence-corrected chi connectivity index (χ0v) is 11.7. The molecule has 1 unspecified atom stereocenters. The highest BCUT2D eigenvalue weighted by molar-refractivity contribution is 9.10. The number of halogens is 3. The fourth-order valence-corrected chi connectivity index (χ4v) is 2.42. The summed E-state index contributed by atoms with van der Waals surface area (Å²) in [5.41, 5.74) is 1.62. The molecule has 0 heterocycles. The zero-order valence-electron chi connectivity index (χ0n) is 10.1. The molecule has 1 atom stereocenters. The minimum absolute atomic E-state index is 0.0462. The smallest absolute Gasteiger partial charge is 0.159 e. The van der Waals surface area contributed by atoms with Crippen LogP contribution in [0.1, 0.15) is 17.0 Å². The molecule has 2 aromatic rings. The lowest BCUT2D eigenvalue weighted by Crippen LogP contribution is -2.08. The molecule has 19 heavy (non-hydrogen) atoms. The first-order chi connectivity index (χ1) is 9.10. The highest BCUT2D eigenvalue weighted by atomic mass is 79.9. The third-order valence-electron chi connectivity index (χ3n) is 3.01. The predicted octanol–water partition coefficient (Wildman–Crippen LogP) is 4.05. The van der Waals surface area contributed by atoms with Crippen molar-refractivity contribution in [2.24, 2.45) is 0 Å². The van der Waals surface area contributed by atoms with E-state index in [1.807, 2.05) is 24.3 Å². The van der Waals surface area contributed by atoms with Crippen molar-refractivity contribution in [2.45, 2.75) is 12.3 Å². The van der Waals surface area contributed by atoms with Gasteiger partial charge in [-0.2, -0.15) is 0 Å². The molecule has 2 aromatic carbocycles. The van der Waals surface area contributed by atoms with Crippen LogP contribution in [0, 0.1) is 11.6 Å². The quantitative estimate of drug-likeness (QED) is 0.898. The maximum Gasteiger partial charge on any atom is 0.159 e. The van der Waals surface area contributed by atoms with Gasteiger partial charge >= 0.3 is 0 Å². The Kier molecular flexibility index (Phi) is 4.66.